The Bertz CT molecular complexity index is 398. The van der Waals surface area contributed by atoms with Crippen LogP contribution in [0.4, 0.5) is 0 Å². The third kappa shape index (κ3) is 4.43. The number of benzene rings is 1. The molecule has 0 bridgehead atoms. The van der Waals surface area contributed by atoms with Gasteiger partial charge in [0.05, 0.1) is 0 Å². The van der Waals surface area contributed by atoms with Gasteiger partial charge in [-0.2, -0.15) is 0 Å². The average molecular weight is 277 g/mol. The molecule has 1 rings (SSSR count). The third-order valence-electron chi connectivity index (χ3n) is 3.41. The molecule has 104 valence electrons. The molecule has 1 N–H and O–H groups in total. The first-order valence-electron chi connectivity index (χ1n) is 6.78. The molecule has 2 nitrogen and oxygen atoms in total. The Morgan fingerprint density at radius 3 is 2.47 bits per heavy atom. The highest BCUT2D eigenvalue weighted by atomic mass is 32.2. The number of thioether (sulfide) groups is 1. The van der Waals surface area contributed by atoms with E-state index in [0.29, 0.717) is 6.54 Å². The normalized spacial score (nSPS) is 11.1. The molecule has 0 heterocycles. The highest BCUT2D eigenvalue weighted by Crippen LogP contribution is 2.42. The number of amides is 1. The van der Waals surface area contributed by atoms with Crippen molar-refractivity contribution < 1.29 is 4.79 Å². The molecule has 0 saturated carbocycles. The summed E-state index contributed by atoms with van der Waals surface area (Å²) in [4.78, 5) is 11.1. The topological polar surface area (TPSA) is 29.1 Å². The van der Waals surface area contributed by atoms with Crippen LogP contribution in [0.3, 0.4) is 0 Å². The van der Waals surface area contributed by atoms with Gasteiger partial charge in [-0.1, -0.05) is 50.8 Å². The van der Waals surface area contributed by atoms with E-state index in [1.54, 1.807) is 0 Å². The van der Waals surface area contributed by atoms with E-state index < -0.39 is 0 Å². The van der Waals surface area contributed by atoms with Crippen LogP contribution >= 0.6 is 11.8 Å². The maximum Gasteiger partial charge on any atom is 0.243 e. The van der Waals surface area contributed by atoms with Gasteiger partial charge in [-0.15, -0.1) is 11.8 Å². The van der Waals surface area contributed by atoms with Gasteiger partial charge in [0, 0.05) is 17.0 Å². The molecule has 0 atom stereocenters. The first-order chi connectivity index (χ1) is 9.18. The monoisotopic (exact) mass is 277 g/mol. The molecule has 19 heavy (non-hydrogen) atoms. The van der Waals surface area contributed by atoms with Crippen molar-refractivity contribution in [1.82, 2.24) is 5.32 Å². The molecule has 0 aliphatic heterocycles. The van der Waals surface area contributed by atoms with Crippen LogP contribution in [0.5, 0.6) is 0 Å². The number of rotatable bonds is 8. The van der Waals surface area contributed by atoms with Crippen LogP contribution in [0.15, 0.2) is 43.0 Å². The maximum atomic E-state index is 11.1. The smallest absolute Gasteiger partial charge is 0.243 e. The molecule has 3 heteroatoms. The molecule has 0 aliphatic rings. The first kappa shape index (κ1) is 15.8. The Morgan fingerprint density at radius 2 is 1.95 bits per heavy atom. The number of hydrogen-bond donors (Lipinski definition) is 1. The standard InChI is InChI=1S/C16H23NOS/c1-4-15(18)17-12-13-19-16(5-2,6-3)14-10-8-7-9-11-14/h4,7-11H,1,5-6,12-13H2,2-3H3,(H,17,18). The Morgan fingerprint density at radius 1 is 1.32 bits per heavy atom. The zero-order valence-electron chi connectivity index (χ0n) is 11.8. The molecular formula is C16H23NOS. The lowest BCUT2D eigenvalue weighted by Gasteiger charge is -2.32. The summed E-state index contributed by atoms with van der Waals surface area (Å²) >= 11 is 1.93. The fourth-order valence-electron chi connectivity index (χ4n) is 2.18. The third-order valence-corrected chi connectivity index (χ3v) is 5.18. The highest BCUT2D eigenvalue weighted by Gasteiger charge is 2.28. The van der Waals surface area contributed by atoms with Gasteiger partial charge in [-0.25, -0.2) is 0 Å². The molecule has 0 unspecified atom stereocenters. The molecule has 0 aliphatic carbocycles. The van der Waals surface area contributed by atoms with Crippen molar-refractivity contribution in [2.75, 3.05) is 12.3 Å². The van der Waals surface area contributed by atoms with E-state index in [1.807, 2.05) is 11.8 Å². The van der Waals surface area contributed by atoms with Gasteiger partial charge in [0.25, 0.3) is 0 Å². The number of carbonyl (C=O) groups is 1. The predicted octanol–water partition coefficient (Wildman–Crippen LogP) is 3.74. The van der Waals surface area contributed by atoms with Gasteiger partial charge < -0.3 is 5.32 Å². The minimum Gasteiger partial charge on any atom is -0.352 e. The van der Waals surface area contributed by atoms with Crippen LogP contribution in [0.25, 0.3) is 0 Å². The molecule has 1 aromatic carbocycles. The molecule has 1 aromatic rings. The van der Waals surface area contributed by atoms with Gasteiger partial charge in [0.15, 0.2) is 0 Å². The second-order valence-corrected chi connectivity index (χ2v) is 5.89. The Kier molecular flexibility index (Phi) is 6.71. The zero-order valence-corrected chi connectivity index (χ0v) is 12.6. The van der Waals surface area contributed by atoms with E-state index >= 15 is 0 Å². The van der Waals surface area contributed by atoms with E-state index in [-0.39, 0.29) is 10.7 Å². The lowest BCUT2D eigenvalue weighted by atomic mass is 9.93. The summed E-state index contributed by atoms with van der Waals surface area (Å²) < 4.78 is 0.153. The average Bonchev–Trinajstić information content (AvgIpc) is 2.48. The van der Waals surface area contributed by atoms with Crippen LogP contribution in [-0.2, 0) is 9.54 Å². The molecule has 0 aromatic heterocycles. The summed E-state index contributed by atoms with van der Waals surface area (Å²) in [6, 6.07) is 10.6. The Hall–Kier alpha value is -1.22. The summed E-state index contributed by atoms with van der Waals surface area (Å²) in [6.45, 7) is 8.59. The largest absolute Gasteiger partial charge is 0.352 e. The fourth-order valence-corrected chi connectivity index (χ4v) is 3.49. The highest BCUT2D eigenvalue weighted by molar-refractivity contribution is 8.00. The van der Waals surface area contributed by atoms with Crippen molar-refractivity contribution in [1.29, 1.82) is 0 Å². The molecule has 0 radical (unpaired) electrons. The Balaban J connectivity index is 2.62. The summed E-state index contributed by atoms with van der Waals surface area (Å²) in [5, 5.41) is 2.83. The lowest BCUT2D eigenvalue weighted by molar-refractivity contribution is -0.116. The van der Waals surface area contributed by atoms with Crippen molar-refractivity contribution in [2.24, 2.45) is 0 Å². The SMILES string of the molecule is C=CC(=O)NCCSC(CC)(CC)c1ccccc1. The molecule has 0 fully saturated rings. The van der Waals surface area contributed by atoms with Crippen LogP contribution in [0.2, 0.25) is 0 Å². The van der Waals surface area contributed by atoms with Gasteiger partial charge in [0.1, 0.15) is 0 Å². The van der Waals surface area contributed by atoms with Gasteiger partial charge in [0.2, 0.25) is 5.91 Å². The minimum atomic E-state index is -0.0982. The van der Waals surface area contributed by atoms with Crippen LogP contribution in [0.1, 0.15) is 32.3 Å². The summed E-state index contributed by atoms with van der Waals surface area (Å²) in [7, 11) is 0. The summed E-state index contributed by atoms with van der Waals surface area (Å²) in [6.07, 6.45) is 3.50. The van der Waals surface area contributed by atoms with Crippen molar-refractivity contribution in [2.45, 2.75) is 31.4 Å². The van der Waals surface area contributed by atoms with Crippen LogP contribution < -0.4 is 5.32 Å². The predicted molar refractivity (Wildman–Crippen MR) is 84.4 cm³/mol. The van der Waals surface area contributed by atoms with Crippen molar-refractivity contribution in [3.8, 4) is 0 Å². The van der Waals surface area contributed by atoms with Crippen molar-refractivity contribution in [3.63, 3.8) is 0 Å². The van der Waals surface area contributed by atoms with Crippen LogP contribution in [0, 0.1) is 0 Å². The second kappa shape index (κ2) is 8.05. The molecular weight excluding hydrogens is 254 g/mol. The fraction of sp³-hybridized carbons (Fsp3) is 0.438. The molecule has 0 saturated heterocycles. The van der Waals surface area contributed by atoms with E-state index in [0.717, 1.165) is 18.6 Å². The van der Waals surface area contributed by atoms with Crippen LogP contribution in [-0.4, -0.2) is 18.2 Å². The molecule has 0 spiro atoms. The number of nitrogens with one attached hydrogen (secondary N) is 1. The summed E-state index contributed by atoms with van der Waals surface area (Å²) in [5.74, 6) is 0.815. The van der Waals surface area contributed by atoms with E-state index in [2.05, 4.69) is 56.1 Å². The van der Waals surface area contributed by atoms with Gasteiger partial charge in [-0.05, 0) is 24.5 Å². The lowest BCUT2D eigenvalue weighted by Crippen LogP contribution is -2.27. The van der Waals surface area contributed by atoms with Crippen molar-refractivity contribution >= 4 is 17.7 Å². The maximum absolute atomic E-state index is 11.1. The van der Waals surface area contributed by atoms with Gasteiger partial charge in [-0.3, -0.25) is 4.79 Å². The van der Waals surface area contributed by atoms with Crippen molar-refractivity contribution in [3.05, 3.63) is 48.6 Å². The Labute approximate surface area is 120 Å². The zero-order chi connectivity index (χ0) is 14.1. The van der Waals surface area contributed by atoms with E-state index in [9.17, 15) is 4.79 Å². The van der Waals surface area contributed by atoms with E-state index in [1.165, 1.54) is 11.6 Å². The second-order valence-electron chi connectivity index (χ2n) is 4.41. The quantitative estimate of drug-likeness (QED) is 0.579. The van der Waals surface area contributed by atoms with E-state index in [4.69, 9.17) is 0 Å². The number of carbonyl (C=O) groups excluding carboxylic acids is 1. The summed E-state index contributed by atoms with van der Waals surface area (Å²) in [5.41, 5.74) is 1.38. The minimum absolute atomic E-state index is 0.0982. The number of hydrogen-bond acceptors (Lipinski definition) is 2. The molecule has 1 amide bonds. The first-order valence-corrected chi connectivity index (χ1v) is 7.77. The van der Waals surface area contributed by atoms with Gasteiger partial charge >= 0.3 is 0 Å².